The zero-order valence-electron chi connectivity index (χ0n) is 15.8. The highest BCUT2D eigenvalue weighted by Gasteiger charge is 2.52. The Morgan fingerprint density at radius 2 is 1.75 bits per heavy atom. The van der Waals surface area contributed by atoms with Gasteiger partial charge in [0.15, 0.2) is 6.61 Å². The van der Waals surface area contributed by atoms with Crippen LogP contribution in [0.25, 0.3) is 0 Å². The van der Waals surface area contributed by atoms with Gasteiger partial charge in [0, 0.05) is 6.04 Å². The van der Waals surface area contributed by atoms with Crippen molar-refractivity contribution in [2.75, 3.05) is 13.2 Å². The molecular formula is C18H26N4O6. The van der Waals surface area contributed by atoms with Crippen LogP contribution in [0.3, 0.4) is 0 Å². The SMILES string of the molecule is O=C(COC(=O)CN1C(=O)NC2(CCCC2)C1=O)NC(=O)NC1CCCCC1. The predicted octanol–water partition coefficient (Wildman–Crippen LogP) is 0.553. The van der Waals surface area contributed by atoms with E-state index in [1.165, 1.54) is 0 Å². The molecule has 3 fully saturated rings. The number of hydrogen-bond acceptors (Lipinski definition) is 6. The third-order valence-corrected chi connectivity index (χ3v) is 5.55. The third kappa shape index (κ3) is 4.60. The maximum absolute atomic E-state index is 12.5. The number of rotatable bonds is 5. The fraction of sp³-hybridized carbons (Fsp3) is 0.722. The number of imide groups is 2. The van der Waals surface area contributed by atoms with E-state index in [0.717, 1.165) is 49.8 Å². The van der Waals surface area contributed by atoms with E-state index < -0.39 is 48.5 Å². The second-order valence-electron chi connectivity index (χ2n) is 7.63. The summed E-state index contributed by atoms with van der Waals surface area (Å²) in [5.41, 5.74) is -0.897. The molecule has 0 aromatic carbocycles. The largest absolute Gasteiger partial charge is 0.454 e. The van der Waals surface area contributed by atoms with Crippen LogP contribution < -0.4 is 16.0 Å². The van der Waals surface area contributed by atoms with Crippen LogP contribution in [0.5, 0.6) is 0 Å². The van der Waals surface area contributed by atoms with E-state index in [0.29, 0.717) is 12.8 Å². The lowest BCUT2D eigenvalue weighted by Gasteiger charge is -2.22. The van der Waals surface area contributed by atoms with Crippen molar-refractivity contribution in [3.05, 3.63) is 0 Å². The smallest absolute Gasteiger partial charge is 0.326 e. The number of hydrogen-bond donors (Lipinski definition) is 3. The molecule has 0 bridgehead atoms. The second-order valence-corrected chi connectivity index (χ2v) is 7.63. The highest BCUT2D eigenvalue weighted by molar-refractivity contribution is 6.09. The molecule has 1 heterocycles. The van der Waals surface area contributed by atoms with Crippen LogP contribution in [0, 0.1) is 0 Å². The van der Waals surface area contributed by atoms with Gasteiger partial charge in [-0.3, -0.25) is 24.6 Å². The molecule has 0 atom stereocenters. The molecule has 3 N–H and O–H groups in total. The third-order valence-electron chi connectivity index (χ3n) is 5.55. The van der Waals surface area contributed by atoms with E-state index >= 15 is 0 Å². The molecule has 0 aromatic heterocycles. The normalized spacial score (nSPS) is 21.5. The minimum atomic E-state index is -0.897. The van der Waals surface area contributed by atoms with E-state index in [2.05, 4.69) is 16.0 Å². The topological polar surface area (TPSA) is 134 Å². The first kappa shape index (κ1) is 20.1. The Labute approximate surface area is 162 Å². The fourth-order valence-corrected chi connectivity index (χ4v) is 4.09. The molecule has 0 unspecified atom stereocenters. The number of urea groups is 2. The summed E-state index contributed by atoms with van der Waals surface area (Å²) in [7, 11) is 0. The van der Waals surface area contributed by atoms with Gasteiger partial charge >= 0.3 is 18.0 Å². The van der Waals surface area contributed by atoms with Crippen molar-refractivity contribution >= 4 is 29.8 Å². The molecule has 1 saturated heterocycles. The predicted molar refractivity (Wildman–Crippen MR) is 96.0 cm³/mol. The average Bonchev–Trinajstić information content (AvgIpc) is 3.21. The van der Waals surface area contributed by atoms with Gasteiger partial charge in [-0.15, -0.1) is 0 Å². The Hall–Kier alpha value is -2.65. The summed E-state index contributed by atoms with van der Waals surface area (Å²) in [6.07, 6.45) is 7.78. The monoisotopic (exact) mass is 394 g/mol. The maximum Gasteiger partial charge on any atom is 0.326 e. The first-order chi connectivity index (χ1) is 13.4. The van der Waals surface area contributed by atoms with Gasteiger partial charge < -0.3 is 15.4 Å². The Morgan fingerprint density at radius 3 is 2.43 bits per heavy atom. The van der Waals surface area contributed by atoms with Crippen LogP contribution in [-0.2, 0) is 19.1 Å². The van der Waals surface area contributed by atoms with Crippen molar-refractivity contribution in [2.24, 2.45) is 0 Å². The highest BCUT2D eigenvalue weighted by Crippen LogP contribution is 2.34. The molecule has 10 nitrogen and oxygen atoms in total. The lowest BCUT2D eigenvalue weighted by molar-refractivity contribution is -0.150. The van der Waals surface area contributed by atoms with Gasteiger partial charge in [0.05, 0.1) is 0 Å². The highest BCUT2D eigenvalue weighted by atomic mass is 16.5. The van der Waals surface area contributed by atoms with E-state index in [-0.39, 0.29) is 6.04 Å². The first-order valence-electron chi connectivity index (χ1n) is 9.80. The number of esters is 1. The van der Waals surface area contributed by atoms with Gasteiger partial charge in [0.25, 0.3) is 11.8 Å². The van der Waals surface area contributed by atoms with Crippen LogP contribution in [0.15, 0.2) is 0 Å². The minimum Gasteiger partial charge on any atom is -0.454 e. The summed E-state index contributed by atoms with van der Waals surface area (Å²) in [5, 5.41) is 7.49. The molecule has 2 saturated carbocycles. The zero-order valence-corrected chi connectivity index (χ0v) is 15.8. The molecule has 1 aliphatic heterocycles. The van der Waals surface area contributed by atoms with Crippen LogP contribution in [0.1, 0.15) is 57.8 Å². The summed E-state index contributed by atoms with van der Waals surface area (Å²) in [6, 6.07) is -1.20. The molecule has 154 valence electrons. The number of carbonyl (C=O) groups is 5. The lowest BCUT2D eigenvalue weighted by atomic mass is 9.96. The van der Waals surface area contributed by atoms with Gasteiger partial charge in [0.1, 0.15) is 12.1 Å². The van der Waals surface area contributed by atoms with Crippen LogP contribution >= 0.6 is 0 Å². The Balaban J connectivity index is 1.39. The summed E-state index contributed by atoms with van der Waals surface area (Å²) < 4.78 is 4.80. The van der Waals surface area contributed by atoms with Gasteiger partial charge in [-0.25, -0.2) is 9.59 Å². The molecule has 1 spiro atoms. The molecule has 3 rings (SSSR count). The van der Waals surface area contributed by atoms with Crippen molar-refractivity contribution < 1.29 is 28.7 Å². The molecule has 28 heavy (non-hydrogen) atoms. The summed E-state index contributed by atoms with van der Waals surface area (Å²) >= 11 is 0. The molecule has 10 heteroatoms. The van der Waals surface area contributed by atoms with Gasteiger partial charge in [-0.2, -0.15) is 0 Å². The molecule has 2 aliphatic carbocycles. The summed E-state index contributed by atoms with van der Waals surface area (Å²) in [6.45, 7) is -1.22. The second kappa shape index (κ2) is 8.57. The summed E-state index contributed by atoms with van der Waals surface area (Å²) in [4.78, 5) is 60.7. The van der Waals surface area contributed by atoms with E-state index in [9.17, 15) is 24.0 Å². The molecular weight excluding hydrogens is 368 g/mol. The van der Waals surface area contributed by atoms with Crippen molar-refractivity contribution in [1.82, 2.24) is 20.9 Å². The van der Waals surface area contributed by atoms with Gasteiger partial charge in [-0.1, -0.05) is 32.1 Å². The number of carbonyl (C=O) groups excluding carboxylic acids is 5. The van der Waals surface area contributed by atoms with Crippen molar-refractivity contribution in [3.8, 4) is 0 Å². The van der Waals surface area contributed by atoms with Crippen molar-refractivity contribution in [1.29, 1.82) is 0 Å². The molecule has 0 aromatic rings. The maximum atomic E-state index is 12.5. The summed E-state index contributed by atoms with van der Waals surface area (Å²) in [5.74, 6) is -2.09. The quantitative estimate of drug-likeness (QED) is 0.461. The van der Waals surface area contributed by atoms with Crippen LogP contribution in [0.4, 0.5) is 9.59 Å². The van der Waals surface area contributed by atoms with E-state index in [4.69, 9.17) is 4.74 Å². The Kier molecular flexibility index (Phi) is 6.15. The number of nitrogens with one attached hydrogen (secondary N) is 3. The van der Waals surface area contributed by atoms with Gasteiger partial charge in [-0.05, 0) is 25.7 Å². The van der Waals surface area contributed by atoms with Crippen LogP contribution in [0.2, 0.25) is 0 Å². The van der Waals surface area contributed by atoms with Crippen molar-refractivity contribution in [2.45, 2.75) is 69.4 Å². The van der Waals surface area contributed by atoms with Crippen LogP contribution in [-0.4, -0.2) is 59.5 Å². The first-order valence-corrected chi connectivity index (χ1v) is 9.80. The molecule has 3 aliphatic rings. The standard InChI is InChI=1S/C18H26N4O6/c23-13(20-16(26)19-12-6-2-1-3-7-12)11-28-14(24)10-22-15(25)18(21-17(22)27)8-4-5-9-18/h12H,1-11H2,(H,21,27)(H2,19,20,23,26). The molecule has 0 radical (unpaired) electrons. The average molecular weight is 394 g/mol. The number of amides is 6. The van der Waals surface area contributed by atoms with E-state index in [1.54, 1.807) is 0 Å². The number of nitrogens with zero attached hydrogens (tertiary/aromatic N) is 1. The number of ether oxygens (including phenoxy) is 1. The van der Waals surface area contributed by atoms with Gasteiger partial charge in [0.2, 0.25) is 0 Å². The zero-order chi connectivity index (χ0) is 20.1. The Morgan fingerprint density at radius 1 is 1.07 bits per heavy atom. The minimum absolute atomic E-state index is 0.0479. The fourth-order valence-electron chi connectivity index (χ4n) is 4.09. The Bertz CT molecular complexity index is 667. The van der Waals surface area contributed by atoms with Crippen molar-refractivity contribution in [3.63, 3.8) is 0 Å². The molecule has 6 amide bonds. The lowest BCUT2D eigenvalue weighted by Crippen LogP contribution is -2.46. The van der Waals surface area contributed by atoms with E-state index in [1.807, 2.05) is 0 Å².